The smallest absolute Gasteiger partial charge is 0.253 e. The quantitative estimate of drug-likeness (QED) is 0.917. The number of hydrogen-bond acceptors (Lipinski definition) is 6. The number of aromatic nitrogens is 2. The second-order valence-corrected chi connectivity index (χ2v) is 6.73. The van der Waals surface area contributed by atoms with Crippen LogP contribution in [0, 0.1) is 6.92 Å². The summed E-state index contributed by atoms with van der Waals surface area (Å²) in [5.74, 6) is 0.745. The van der Waals surface area contributed by atoms with Crippen LogP contribution in [-0.4, -0.2) is 45.7 Å². The second kappa shape index (κ2) is 6.93. The number of likely N-dealkylation sites (tertiary alicyclic amines) is 1. The van der Waals surface area contributed by atoms with Gasteiger partial charge in [0.2, 0.25) is 0 Å². The van der Waals surface area contributed by atoms with Crippen molar-refractivity contribution in [3.63, 3.8) is 0 Å². The van der Waals surface area contributed by atoms with Gasteiger partial charge in [-0.25, -0.2) is 0 Å². The fourth-order valence-electron chi connectivity index (χ4n) is 3.76. The zero-order valence-corrected chi connectivity index (χ0v) is 14.2. The summed E-state index contributed by atoms with van der Waals surface area (Å²) in [5, 5.41) is 6.96. The molecule has 1 N–H and O–H groups in total. The predicted octanol–water partition coefficient (Wildman–Crippen LogP) is 2.14. The van der Waals surface area contributed by atoms with E-state index in [2.05, 4.69) is 20.4 Å². The van der Waals surface area contributed by atoms with Crippen molar-refractivity contribution in [3.8, 4) is 0 Å². The molecule has 7 heteroatoms. The molecule has 0 bridgehead atoms. The van der Waals surface area contributed by atoms with E-state index in [1.165, 1.54) is 0 Å². The molecule has 7 nitrogen and oxygen atoms in total. The number of fused-ring (bicyclic) bond motifs is 1. The van der Waals surface area contributed by atoms with Gasteiger partial charge in [0.1, 0.15) is 11.9 Å². The number of anilines is 1. The minimum atomic E-state index is -0.393. The lowest BCUT2D eigenvalue weighted by Crippen LogP contribution is -2.46. The zero-order chi connectivity index (χ0) is 17.2. The maximum absolute atomic E-state index is 12.4. The molecule has 0 aromatic carbocycles. The van der Waals surface area contributed by atoms with Crippen LogP contribution < -0.4 is 5.32 Å². The van der Waals surface area contributed by atoms with Crippen LogP contribution in [0.5, 0.6) is 0 Å². The normalized spacial score (nSPS) is 26.4. The van der Waals surface area contributed by atoms with Gasteiger partial charge in [-0.2, -0.15) is 0 Å². The Kier molecular flexibility index (Phi) is 4.50. The molecule has 2 aromatic rings. The van der Waals surface area contributed by atoms with Crippen LogP contribution >= 0.6 is 0 Å². The molecule has 4 rings (SSSR count). The number of hydrogen-bond donors (Lipinski definition) is 1. The third-order valence-electron chi connectivity index (χ3n) is 4.93. The number of pyridine rings is 1. The third kappa shape index (κ3) is 3.57. The van der Waals surface area contributed by atoms with Crippen LogP contribution in [0.1, 0.15) is 30.7 Å². The minimum absolute atomic E-state index is 0.0861. The Morgan fingerprint density at radius 2 is 2.32 bits per heavy atom. The van der Waals surface area contributed by atoms with Crippen molar-refractivity contribution >= 4 is 11.6 Å². The maximum Gasteiger partial charge on any atom is 0.253 e. The molecule has 2 saturated heterocycles. The van der Waals surface area contributed by atoms with E-state index in [1.807, 2.05) is 19.1 Å². The minimum Gasteiger partial charge on any atom is -0.363 e. The summed E-state index contributed by atoms with van der Waals surface area (Å²) in [6.07, 6.45) is 5.65. The Bertz CT molecular complexity index is 733. The molecule has 25 heavy (non-hydrogen) atoms. The summed E-state index contributed by atoms with van der Waals surface area (Å²) in [4.78, 5) is 18.8. The zero-order valence-electron chi connectivity index (χ0n) is 14.2. The molecule has 2 fully saturated rings. The predicted molar refractivity (Wildman–Crippen MR) is 90.8 cm³/mol. The molecule has 132 valence electrons. The Morgan fingerprint density at radius 1 is 1.40 bits per heavy atom. The number of amides is 1. The maximum atomic E-state index is 12.4. The highest BCUT2D eigenvalue weighted by molar-refractivity contribution is 5.94. The van der Waals surface area contributed by atoms with Crippen LogP contribution in [0.15, 0.2) is 35.1 Å². The van der Waals surface area contributed by atoms with Crippen LogP contribution in [0.2, 0.25) is 0 Å². The number of carbonyl (C=O) groups excluding carboxylic acids is 1. The van der Waals surface area contributed by atoms with Gasteiger partial charge < -0.3 is 14.6 Å². The van der Waals surface area contributed by atoms with Gasteiger partial charge in [-0.05, 0) is 38.3 Å². The standard InChI is InChI=1S/C18H22N4O3/c1-12-9-14(21-25-12)11-22-8-6-16-15(22)4-5-17(24-16)18(23)20-13-3-2-7-19-10-13/h2-3,7,9-10,15-17H,4-6,8,11H2,1H3,(H,20,23)/t15-,16-,17-/m1/s1. The van der Waals surface area contributed by atoms with Crippen LogP contribution in [-0.2, 0) is 16.1 Å². The Labute approximate surface area is 146 Å². The van der Waals surface area contributed by atoms with Gasteiger partial charge in [0.05, 0.1) is 23.7 Å². The van der Waals surface area contributed by atoms with E-state index < -0.39 is 6.10 Å². The summed E-state index contributed by atoms with van der Waals surface area (Å²) in [6, 6.07) is 5.95. The van der Waals surface area contributed by atoms with E-state index in [4.69, 9.17) is 9.26 Å². The molecule has 2 aliphatic heterocycles. The molecule has 2 aromatic heterocycles. The van der Waals surface area contributed by atoms with Gasteiger partial charge in [0, 0.05) is 31.4 Å². The van der Waals surface area contributed by atoms with Crippen molar-refractivity contribution in [3.05, 3.63) is 42.0 Å². The topological polar surface area (TPSA) is 80.5 Å². The first kappa shape index (κ1) is 16.2. The number of nitrogens with one attached hydrogen (secondary N) is 1. The van der Waals surface area contributed by atoms with E-state index in [-0.39, 0.29) is 12.0 Å². The number of ether oxygens (including phenoxy) is 1. The largest absolute Gasteiger partial charge is 0.363 e. The third-order valence-corrected chi connectivity index (χ3v) is 4.93. The van der Waals surface area contributed by atoms with Gasteiger partial charge in [-0.3, -0.25) is 14.7 Å². The van der Waals surface area contributed by atoms with Crippen LogP contribution in [0.25, 0.3) is 0 Å². The van der Waals surface area contributed by atoms with E-state index in [0.717, 1.165) is 43.8 Å². The summed E-state index contributed by atoms with van der Waals surface area (Å²) in [5.41, 5.74) is 1.65. The van der Waals surface area contributed by atoms with Crippen molar-refractivity contribution in [1.29, 1.82) is 0 Å². The Hall–Kier alpha value is -2.25. The molecule has 0 aliphatic carbocycles. The molecule has 0 spiro atoms. The SMILES string of the molecule is Cc1cc(CN2CC[C@H]3O[C@@H](C(=O)Nc4cccnc4)CC[C@H]32)no1. The lowest BCUT2D eigenvalue weighted by molar-refractivity contribution is -0.138. The van der Waals surface area contributed by atoms with Crippen molar-refractivity contribution in [2.75, 3.05) is 11.9 Å². The average molecular weight is 342 g/mol. The lowest BCUT2D eigenvalue weighted by Gasteiger charge is -2.35. The van der Waals surface area contributed by atoms with Crippen molar-refractivity contribution in [1.82, 2.24) is 15.0 Å². The van der Waals surface area contributed by atoms with E-state index in [1.54, 1.807) is 18.5 Å². The molecule has 0 radical (unpaired) electrons. The van der Waals surface area contributed by atoms with Crippen molar-refractivity contribution in [2.24, 2.45) is 0 Å². The van der Waals surface area contributed by atoms with E-state index in [0.29, 0.717) is 11.7 Å². The second-order valence-electron chi connectivity index (χ2n) is 6.73. The molecular weight excluding hydrogens is 320 g/mol. The van der Waals surface area contributed by atoms with E-state index in [9.17, 15) is 4.79 Å². The van der Waals surface area contributed by atoms with Gasteiger partial charge >= 0.3 is 0 Å². The molecule has 4 heterocycles. The molecule has 0 unspecified atom stereocenters. The lowest BCUT2D eigenvalue weighted by atomic mass is 9.98. The summed E-state index contributed by atoms with van der Waals surface area (Å²) < 4.78 is 11.2. The first-order valence-corrected chi connectivity index (χ1v) is 8.71. The fourth-order valence-corrected chi connectivity index (χ4v) is 3.76. The summed E-state index contributed by atoms with van der Waals surface area (Å²) in [7, 11) is 0. The number of aryl methyl sites for hydroxylation is 1. The summed E-state index contributed by atoms with van der Waals surface area (Å²) in [6.45, 7) is 3.63. The molecule has 0 saturated carbocycles. The van der Waals surface area contributed by atoms with Crippen LogP contribution in [0.3, 0.4) is 0 Å². The van der Waals surface area contributed by atoms with E-state index >= 15 is 0 Å². The Balaban J connectivity index is 1.34. The van der Waals surface area contributed by atoms with Gasteiger partial charge in [-0.15, -0.1) is 0 Å². The molecule has 3 atom stereocenters. The van der Waals surface area contributed by atoms with Crippen LogP contribution in [0.4, 0.5) is 5.69 Å². The highest BCUT2D eigenvalue weighted by atomic mass is 16.5. The highest BCUT2D eigenvalue weighted by Crippen LogP contribution is 2.32. The van der Waals surface area contributed by atoms with Gasteiger partial charge in [0.15, 0.2) is 0 Å². The number of nitrogens with zero attached hydrogens (tertiary/aromatic N) is 3. The Morgan fingerprint density at radius 3 is 3.08 bits per heavy atom. The van der Waals surface area contributed by atoms with Crippen molar-refractivity contribution in [2.45, 2.75) is 51.0 Å². The first-order chi connectivity index (χ1) is 12.2. The van der Waals surface area contributed by atoms with Gasteiger partial charge in [0.25, 0.3) is 5.91 Å². The first-order valence-electron chi connectivity index (χ1n) is 8.71. The monoisotopic (exact) mass is 342 g/mol. The average Bonchev–Trinajstić information content (AvgIpc) is 3.22. The molecular formula is C18H22N4O3. The summed E-state index contributed by atoms with van der Waals surface area (Å²) >= 11 is 0. The molecule has 1 amide bonds. The highest BCUT2D eigenvalue weighted by Gasteiger charge is 2.41. The fraction of sp³-hybridized carbons (Fsp3) is 0.500. The molecule has 2 aliphatic rings. The number of rotatable bonds is 4. The number of carbonyl (C=O) groups is 1. The van der Waals surface area contributed by atoms with Gasteiger partial charge in [-0.1, -0.05) is 5.16 Å². The van der Waals surface area contributed by atoms with Crippen molar-refractivity contribution < 1.29 is 14.1 Å².